The molecule has 1 aromatic rings. The van der Waals surface area contributed by atoms with Crippen LogP contribution in [0.25, 0.3) is 0 Å². The molecule has 1 aromatic carbocycles. The minimum absolute atomic E-state index is 0.0616. The Hall–Kier alpha value is -1.64. The van der Waals surface area contributed by atoms with E-state index in [4.69, 9.17) is 5.21 Å². The molecule has 1 fully saturated rings. The van der Waals surface area contributed by atoms with Crippen molar-refractivity contribution in [3.8, 4) is 0 Å². The first kappa shape index (κ1) is 12.8. The lowest BCUT2D eigenvalue weighted by Crippen LogP contribution is -2.28. The molecule has 2 rings (SSSR count). The third-order valence-electron chi connectivity index (χ3n) is 2.64. The van der Waals surface area contributed by atoms with Gasteiger partial charge in [0.15, 0.2) is 0 Å². The molecule has 1 atom stereocenters. The van der Waals surface area contributed by atoms with Gasteiger partial charge in [-0.3, -0.25) is 4.79 Å². The third-order valence-corrected chi connectivity index (χ3v) is 4.17. The summed E-state index contributed by atoms with van der Waals surface area (Å²) in [6.07, 6.45) is 0. The second kappa shape index (κ2) is 4.56. The number of amides is 1. The Bertz CT molecular complexity index is 505. The minimum Gasteiger partial charge on any atom is -0.766 e. The van der Waals surface area contributed by atoms with Crippen molar-refractivity contribution < 1.29 is 24.0 Å². The quantitative estimate of drug-likeness (QED) is 0.790. The molecule has 0 radical (unpaired) electrons. The van der Waals surface area contributed by atoms with Gasteiger partial charge in [0, 0.05) is 30.0 Å². The van der Waals surface area contributed by atoms with Crippen LogP contribution < -0.4 is 0 Å². The number of nitrogens with zero attached hydrogens (tertiary/aromatic N) is 2. The summed E-state index contributed by atoms with van der Waals surface area (Å²) < 4.78 is 20.7. The molecule has 1 aliphatic heterocycles. The van der Waals surface area contributed by atoms with Crippen LogP contribution in [0, 0.1) is 4.91 Å². The van der Waals surface area contributed by atoms with Crippen LogP contribution >= 0.6 is 10.6 Å². The fourth-order valence-corrected chi connectivity index (χ4v) is 3.09. The van der Waals surface area contributed by atoms with Crippen LogP contribution in [0.4, 0.5) is 5.69 Å². The molecule has 1 saturated heterocycles. The van der Waals surface area contributed by atoms with Crippen molar-refractivity contribution in [3.05, 3.63) is 34.7 Å². The average molecular weight is 272 g/mol. The van der Waals surface area contributed by atoms with Crippen molar-refractivity contribution >= 4 is 22.2 Å². The van der Waals surface area contributed by atoms with Gasteiger partial charge >= 0.3 is 5.69 Å². The highest BCUT2D eigenvalue weighted by molar-refractivity contribution is 8.24. The molecular weight excluding hydrogens is 260 g/mol. The van der Waals surface area contributed by atoms with E-state index in [1.165, 1.54) is 29.2 Å². The Morgan fingerprint density at radius 3 is 2.78 bits per heavy atom. The van der Waals surface area contributed by atoms with Gasteiger partial charge in [-0.25, -0.2) is 5.21 Å². The van der Waals surface area contributed by atoms with Crippen LogP contribution in [0.15, 0.2) is 24.3 Å². The summed E-state index contributed by atoms with van der Waals surface area (Å²) in [5.41, 5.74) is 0.129. The zero-order valence-electron chi connectivity index (χ0n) is 9.35. The molecule has 7 nitrogen and oxygen atoms in total. The highest BCUT2D eigenvalue weighted by Crippen LogP contribution is 2.43. The van der Waals surface area contributed by atoms with Gasteiger partial charge in [0.2, 0.25) is 0 Å². The first-order chi connectivity index (χ1) is 8.39. The fraction of sp³-hybridized carbons (Fsp3) is 0.300. The smallest absolute Gasteiger partial charge is 0.317 e. The van der Waals surface area contributed by atoms with Gasteiger partial charge < -0.3 is 24.6 Å². The standard InChI is InChI=1S/C10H12N2O5S/c13-10(11-4-5-18(16,17)7-11)8-2-1-3-9(6-8)12(14)15/h1-3,6H,4-5,7H2,(H2-,14,15,16,17). The van der Waals surface area contributed by atoms with E-state index < -0.39 is 16.5 Å². The molecule has 1 heterocycles. The van der Waals surface area contributed by atoms with Gasteiger partial charge in [0.25, 0.3) is 10.8 Å². The van der Waals surface area contributed by atoms with E-state index in [-0.39, 0.29) is 34.3 Å². The SMILES string of the molecule is O=C(c1cccc([N+](=O)O)c1)N1CCS([O-])(O)C1. The van der Waals surface area contributed by atoms with E-state index in [0.717, 1.165) is 0 Å². The van der Waals surface area contributed by atoms with Crippen molar-refractivity contribution in [1.29, 1.82) is 0 Å². The van der Waals surface area contributed by atoms with Gasteiger partial charge in [-0.15, -0.1) is 0 Å². The summed E-state index contributed by atoms with van der Waals surface area (Å²) in [7, 11) is -2.94. The molecule has 1 aliphatic rings. The van der Waals surface area contributed by atoms with E-state index in [2.05, 4.69) is 0 Å². The number of hydrogen-bond donors (Lipinski definition) is 2. The summed E-state index contributed by atoms with van der Waals surface area (Å²) in [5, 5.41) is 8.75. The van der Waals surface area contributed by atoms with Crippen molar-refractivity contribution in [1.82, 2.24) is 4.90 Å². The summed E-state index contributed by atoms with van der Waals surface area (Å²) in [4.78, 5) is 23.6. The predicted molar refractivity (Wildman–Crippen MR) is 63.3 cm³/mol. The molecule has 2 N–H and O–H groups in total. The number of carbonyl (C=O) groups excluding carboxylic acids is 1. The Labute approximate surface area is 105 Å². The fourth-order valence-electron chi connectivity index (χ4n) is 1.73. The summed E-state index contributed by atoms with van der Waals surface area (Å²) in [6.45, 7) is 0.207. The van der Waals surface area contributed by atoms with E-state index in [0.29, 0.717) is 0 Å². The zero-order valence-corrected chi connectivity index (χ0v) is 10.2. The molecule has 1 amide bonds. The van der Waals surface area contributed by atoms with Crippen molar-refractivity contribution in [3.63, 3.8) is 0 Å². The maximum absolute atomic E-state index is 12.0. The molecule has 0 bridgehead atoms. The van der Waals surface area contributed by atoms with Crippen LogP contribution in [0.1, 0.15) is 10.4 Å². The maximum Gasteiger partial charge on any atom is 0.317 e. The van der Waals surface area contributed by atoms with Gasteiger partial charge in [-0.05, 0) is 6.07 Å². The van der Waals surface area contributed by atoms with Crippen molar-refractivity contribution in [2.24, 2.45) is 0 Å². The molecule has 98 valence electrons. The summed E-state index contributed by atoms with van der Waals surface area (Å²) in [6, 6.07) is 5.51. The van der Waals surface area contributed by atoms with Crippen molar-refractivity contribution in [2.75, 3.05) is 18.2 Å². The lowest BCUT2D eigenvalue weighted by Gasteiger charge is -2.40. The van der Waals surface area contributed by atoms with Crippen LogP contribution in [0.5, 0.6) is 0 Å². The van der Waals surface area contributed by atoms with Crippen LogP contribution in [0.2, 0.25) is 0 Å². The molecular formula is C10H12N2O5S. The summed E-state index contributed by atoms with van der Waals surface area (Å²) >= 11 is 0. The molecule has 0 aromatic heterocycles. The molecule has 0 saturated carbocycles. The largest absolute Gasteiger partial charge is 0.766 e. The van der Waals surface area contributed by atoms with E-state index in [1.54, 1.807) is 0 Å². The monoisotopic (exact) mass is 272 g/mol. The van der Waals surface area contributed by atoms with Gasteiger partial charge in [-0.1, -0.05) is 6.07 Å². The third kappa shape index (κ3) is 2.61. The lowest BCUT2D eigenvalue weighted by molar-refractivity contribution is -0.729. The van der Waals surface area contributed by atoms with Crippen molar-refractivity contribution in [2.45, 2.75) is 0 Å². The van der Waals surface area contributed by atoms with Crippen LogP contribution in [0.3, 0.4) is 0 Å². The number of rotatable bonds is 2. The number of benzene rings is 1. The number of carbonyl (C=O) groups is 1. The molecule has 0 aliphatic carbocycles. The topological polar surface area (TPSA) is 104 Å². The van der Waals surface area contributed by atoms with Gasteiger partial charge in [0.05, 0.1) is 10.8 Å². The Morgan fingerprint density at radius 1 is 1.50 bits per heavy atom. The highest BCUT2D eigenvalue weighted by Gasteiger charge is 2.26. The minimum atomic E-state index is -2.94. The van der Waals surface area contributed by atoms with Crippen LogP contribution in [-0.2, 0) is 0 Å². The highest BCUT2D eigenvalue weighted by atomic mass is 32.3. The Balaban J connectivity index is 2.19. The van der Waals surface area contributed by atoms with E-state index in [9.17, 15) is 18.8 Å². The van der Waals surface area contributed by atoms with Gasteiger partial charge in [0.1, 0.15) is 0 Å². The van der Waals surface area contributed by atoms with E-state index >= 15 is 0 Å². The normalized spacial score (nSPS) is 26.7. The summed E-state index contributed by atoms with van der Waals surface area (Å²) in [5.74, 6) is -0.569. The second-order valence-electron chi connectivity index (χ2n) is 4.00. The maximum atomic E-state index is 12.0. The van der Waals surface area contributed by atoms with Crippen LogP contribution in [-0.4, -0.2) is 48.2 Å². The Kier molecular flexibility index (Phi) is 3.24. The molecule has 8 heteroatoms. The lowest BCUT2D eigenvalue weighted by atomic mass is 10.2. The molecule has 1 unspecified atom stereocenters. The zero-order chi connectivity index (χ0) is 13.3. The number of hydrogen-bond acceptors (Lipinski definition) is 4. The average Bonchev–Trinajstić information content (AvgIpc) is 2.69. The second-order valence-corrected chi connectivity index (χ2v) is 6.21. The Morgan fingerprint density at radius 2 is 2.22 bits per heavy atom. The first-order valence-electron chi connectivity index (χ1n) is 5.16. The molecule has 0 spiro atoms. The van der Waals surface area contributed by atoms with Gasteiger partial charge in [-0.2, -0.15) is 0 Å². The van der Waals surface area contributed by atoms with E-state index in [1.807, 2.05) is 0 Å². The first-order valence-corrected chi connectivity index (χ1v) is 7.02. The predicted octanol–water partition coefficient (Wildman–Crippen LogP) is 1.31. The molecule has 18 heavy (non-hydrogen) atoms.